The minimum absolute atomic E-state index is 0.0956. The normalized spacial score (nSPS) is 21.2. The van der Waals surface area contributed by atoms with E-state index >= 15 is 0 Å². The number of rotatable bonds is 3. The summed E-state index contributed by atoms with van der Waals surface area (Å²) in [6, 6.07) is 5.89. The van der Waals surface area contributed by atoms with Gasteiger partial charge in [-0.2, -0.15) is 4.39 Å². The molecule has 1 heterocycles. The van der Waals surface area contributed by atoms with Crippen molar-refractivity contribution in [1.29, 1.82) is 0 Å². The maximum Gasteiger partial charge on any atom is 0.341 e. The van der Waals surface area contributed by atoms with Gasteiger partial charge in [-0.3, -0.25) is 0 Å². The van der Waals surface area contributed by atoms with Crippen LogP contribution in [-0.4, -0.2) is 24.6 Å². The van der Waals surface area contributed by atoms with Crippen molar-refractivity contribution in [3.63, 3.8) is 0 Å². The van der Waals surface area contributed by atoms with Crippen molar-refractivity contribution in [3.05, 3.63) is 51.5 Å². The Morgan fingerprint density at radius 2 is 2.05 bits per heavy atom. The van der Waals surface area contributed by atoms with E-state index in [2.05, 4.69) is 15.9 Å². The van der Waals surface area contributed by atoms with Gasteiger partial charge in [0.1, 0.15) is 17.6 Å². The van der Waals surface area contributed by atoms with E-state index in [1.807, 2.05) is 0 Å². The molecular weight excluding hydrogens is 355 g/mol. The second-order valence-electron chi connectivity index (χ2n) is 4.71. The number of esters is 1. The predicted octanol–water partition coefficient (Wildman–Crippen LogP) is 3.45. The molecule has 1 aliphatic rings. The van der Waals surface area contributed by atoms with Gasteiger partial charge in [0.25, 0.3) is 6.01 Å². The minimum Gasteiger partial charge on any atom is -0.462 e. The molecule has 0 saturated carbocycles. The van der Waals surface area contributed by atoms with Gasteiger partial charge < -0.3 is 9.47 Å². The molecule has 0 fully saturated rings. The lowest BCUT2D eigenvalue weighted by molar-refractivity contribution is -0.139. The maximum atomic E-state index is 14.2. The Kier molecular flexibility index (Phi) is 5.16. The molecule has 2 atom stereocenters. The van der Waals surface area contributed by atoms with Crippen LogP contribution in [0.15, 0.2) is 45.9 Å². The van der Waals surface area contributed by atoms with Gasteiger partial charge in [0.05, 0.1) is 18.1 Å². The van der Waals surface area contributed by atoms with Crippen LogP contribution in [0.2, 0.25) is 0 Å². The number of halogens is 2. The Morgan fingerprint density at radius 3 is 2.59 bits per heavy atom. The van der Waals surface area contributed by atoms with Crippen LogP contribution in [0.1, 0.15) is 25.3 Å². The minimum atomic E-state index is -1.02. The SMILES string of the molecule is CCOC(=O)C1=C(F)OC(C)C(=C=O)C1c1ccc(Br)cc1. The maximum absolute atomic E-state index is 14.2. The van der Waals surface area contributed by atoms with Crippen LogP contribution in [0.5, 0.6) is 0 Å². The Bertz CT molecular complexity index is 659. The fourth-order valence-corrected chi connectivity index (χ4v) is 2.60. The largest absolute Gasteiger partial charge is 0.462 e. The van der Waals surface area contributed by atoms with E-state index in [0.29, 0.717) is 5.56 Å². The van der Waals surface area contributed by atoms with Crippen molar-refractivity contribution >= 4 is 27.8 Å². The highest BCUT2D eigenvalue weighted by Crippen LogP contribution is 2.41. The second kappa shape index (κ2) is 6.90. The van der Waals surface area contributed by atoms with Crippen molar-refractivity contribution in [1.82, 2.24) is 0 Å². The third-order valence-electron chi connectivity index (χ3n) is 3.35. The highest BCUT2D eigenvalue weighted by Gasteiger charge is 2.40. The summed E-state index contributed by atoms with van der Waals surface area (Å²) in [6.07, 6.45) is -0.802. The molecule has 0 amide bonds. The van der Waals surface area contributed by atoms with E-state index in [4.69, 9.17) is 9.47 Å². The van der Waals surface area contributed by atoms with Crippen LogP contribution in [-0.2, 0) is 19.1 Å². The van der Waals surface area contributed by atoms with Gasteiger partial charge in [-0.05, 0) is 31.5 Å². The molecule has 1 aromatic carbocycles. The zero-order valence-electron chi connectivity index (χ0n) is 12.1. The number of ether oxygens (including phenoxy) is 2. The number of hydrogen-bond donors (Lipinski definition) is 0. The topological polar surface area (TPSA) is 52.6 Å². The van der Waals surface area contributed by atoms with Crippen molar-refractivity contribution in [2.45, 2.75) is 25.9 Å². The highest BCUT2D eigenvalue weighted by molar-refractivity contribution is 9.10. The summed E-state index contributed by atoms with van der Waals surface area (Å²) in [6.45, 7) is 3.25. The fourth-order valence-electron chi connectivity index (χ4n) is 2.34. The lowest BCUT2D eigenvalue weighted by Gasteiger charge is -2.29. The zero-order valence-corrected chi connectivity index (χ0v) is 13.6. The van der Waals surface area contributed by atoms with E-state index in [9.17, 15) is 14.0 Å². The number of carbonyl (C=O) groups is 1. The molecule has 6 heteroatoms. The Balaban J connectivity index is 2.59. The summed E-state index contributed by atoms with van der Waals surface area (Å²) in [7, 11) is 0. The zero-order chi connectivity index (χ0) is 16.3. The van der Waals surface area contributed by atoms with Crippen molar-refractivity contribution < 1.29 is 23.5 Å². The molecule has 0 saturated heterocycles. The molecule has 1 aliphatic heterocycles. The molecule has 0 aromatic heterocycles. The van der Waals surface area contributed by atoms with Gasteiger partial charge in [-0.15, -0.1) is 0 Å². The smallest absolute Gasteiger partial charge is 0.341 e. The number of benzene rings is 1. The first-order chi connectivity index (χ1) is 10.5. The van der Waals surface area contributed by atoms with Gasteiger partial charge in [-0.1, -0.05) is 28.1 Å². The predicted molar refractivity (Wildman–Crippen MR) is 81.4 cm³/mol. The van der Waals surface area contributed by atoms with E-state index in [1.165, 1.54) is 6.92 Å². The average Bonchev–Trinajstić information content (AvgIpc) is 2.47. The summed E-state index contributed by atoms with van der Waals surface area (Å²) in [5.74, 6) is 0.0783. The van der Waals surface area contributed by atoms with Crippen LogP contribution in [0.3, 0.4) is 0 Å². The molecule has 1 aromatic rings. The Labute approximate surface area is 135 Å². The summed E-state index contributed by atoms with van der Waals surface area (Å²) < 4.78 is 24.9. The van der Waals surface area contributed by atoms with Crippen molar-refractivity contribution in [3.8, 4) is 0 Å². The molecule has 0 spiro atoms. The van der Waals surface area contributed by atoms with Crippen LogP contribution in [0, 0.1) is 0 Å². The van der Waals surface area contributed by atoms with Crippen LogP contribution in [0.4, 0.5) is 4.39 Å². The molecule has 0 aliphatic carbocycles. The van der Waals surface area contributed by atoms with Gasteiger partial charge in [0, 0.05) is 4.47 Å². The van der Waals surface area contributed by atoms with Gasteiger partial charge >= 0.3 is 5.97 Å². The molecule has 0 radical (unpaired) electrons. The van der Waals surface area contributed by atoms with Crippen molar-refractivity contribution in [2.24, 2.45) is 0 Å². The number of hydrogen-bond acceptors (Lipinski definition) is 4. The first-order valence-corrected chi connectivity index (χ1v) is 7.52. The lowest BCUT2D eigenvalue weighted by atomic mass is 9.82. The Morgan fingerprint density at radius 1 is 1.41 bits per heavy atom. The van der Waals surface area contributed by atoms with Gasteiger partial charge in [0.15, 0.2) is 0 Å². The summed E-state index contributed by atoms with van der Waals surface area (Å²) in [4.78, 5) is 23.4. The van der Waals surface area contributed by atoms with Crippen LogP contribution >= 0.6 is 15.9 Å². The summed E-state index contributed by atoms with van der Waals surface area (Å²) in [5.41, 5.74) is 0.447. The van der Waals surface area contributed by atoms with E-state index < -0.39 is 24.0 Å². The first kappa shape index (κ1) is 16.5. The first-order valence-electron chi connectivity index (χ1n) is 6.73. The lowest BCUT2D eigenvalue weighted by Crippen LogP contribution is -2.29. The third kappa shape index (κ3) is 3.13. The van der Waals surface area contributed by atoms with Gasteiger partial charge in [0.2, 0.25) is 0 Å². The standard InChI is InChI=1S/C16H14BrFO4/c1-3-21-16(20)14-13(10-4-6-11(17)7-5-10)12(8-19)9(2)22-15(14)18/h4-7,9,13H,3H2,1-2H3. The van der Waals surface area contributed by atoms with Crippen LogP contribution < -0.4 is 0 Å². The van der Waals surface area contributed by atoms with Crippen molar-refractivity contribution in [2.75, 3.05) is 6.61 Å². The second-order valence-corrected chi connectivity index (χ2v) is 5.63. The molecular formula is C16H14BrFO4. The van der Waals surface area contributed by atoms with E-state index in [1.54, 1.807) is 37.1 Å². The molecule has 4 nitrogen and oxygen atoms in total. The third-order valence-corrected chi connectivity index (χ3v) is 3.87. The summed E-state index contributed by atoms with van der Waals surface area (Å²) >= 11 is 3.31. The molecule has 0 bridgehead atoms. The monoisotopic (exact) mass is 368 g/mol. The molecule has 22 heavy (non-hydrogen) atoms. The highest BCUT2D eigenvalue weighted by atomic mass is 79.9. The Hall–Kier alpha value is -1.91. The molecule has 0 N–H and O–H groups in total. The summed E-state index contributed by atoms with van der Waals surface area (Å²) in [5, 5.41) is 0. The van der Waals surface area contributed by atoms with Crippen LogP contribution in [0.25, 0.3) is 0 Å². The fraction of sp³-hybridized carbons (Fsp3) is 0.312. The van der Waals surface area contributed by atoms with E-state index in [-0.39, 0.29) is 17.8 Å². The number of carbonyl (C=O) groups excluding carboxylic acids is 2. The van der Waals surface area contributed by atoms with Gasteiger partial charge in [-0.25, -0.2) is 9.59 Å². The quantitative estimate of drug-likeness (QED) is 0.605. The molecule has 116 valence electrons. The molecule has 2 unspecified atom stereocenters. The average molecular weight is 369 g/mol. The molecule has 2 rings (SSSR count). The van der Waals surface area contributed by atoms with E-state index in [0.717, 1.165) is 4.47 Å².